The molecule has 0 aliphatic heterocycles. The van der Waals surface area contributed by atoms with Gasteiger partial charge in [0.2, 0.25) is 0 Å². The number of thiophene rings is 1. The Kier molecular flexibility index (Phi) is 6.43. The Balaban J connectivity index is 1.27. The quantitative estimate of drug-likeness (QED) is 0.377. The van der Waals surface area contributed by atoms with Gasteiger partial charge in [-0.2, -0.15) is 0 Å². The van der Waals surface area contributed by atoms with E-state index >= 15 is 0 Å². The van der Waals surface area contributed by atoms with Crippen LogP contribution >= 0.6 is 22.9 Å². The van der Waals surface area contributed by atoms with Crippen LogP contribution in [-0.4, -0.2) is 24.5 Å². The van der Waals surface area contributed by atoms with Gasteiger partial charge in [-0.1, -0.05) is 23.7 Å². The Morgan fingerprint density at radius 3 is 2.40 bits per heavy atom. The number of methoxy groups -OCH3 is 1. The molecule has 1 aromatic carbocycles. The molecule has 3 aromatic rings. The standard InChI is InChI=1S/C29H33ClN2O2S/c1-18-15-21(5-6-24(18)34-4)29-11-8-28(9-12-29,10-13-29)17-32-27(33)22-7-14-31-25(20(22)3)26-23(30)16-19(2)35-26/h5-7,14-16H,8-13,17H2,1-4H3,(H,32,33). The lowest BCUT2D eigenvalue weighted by atomic mass is 9.52. The molecule has 6 heteroatoms. The van der Waals surface area contributed by atoms with Crippen LogP contribution in [0.1, 0.15) is 70.5 Å². The van der Waals surface area contributed by atoms with E-state index < -0.39 is 0 Å². The zero-order valence-electron chi connectivity index (χ0n) is 21.0. The van der Waals surface area contributed by atoms with Crippen LogP contribution in [0.25, 0.3) is 10.6 Å². The SMILES string of the molecule is COc1ccc(C23CCC(CNC(=O)c4ccnc(-c5sc(C)cc5Cl)c4C)(CC2)CC3)cc1C. The van der Waals surface area contributed by atoms with Gasteiger partial charge in [0.05, 0.1) is 22.7 Å². The number of carbonyl (C=O) groups excluding carboxylic acids is 1. The van der Waals surface area contributed by atoms with Crippen LogP contribution in [0.3, 0.4) is 0 Å². The van der Waals surface area contributed by atoms with E-state index in [-0.39, 0.29) is 16.7 Å². The second kappa shape index (κ2) is 9.25. The third-order valence-corrected chi connectivity index (χ3v) is 9.97. The highest BCUT2D eigenvalue weighted by atomic mass is 35.5. The fourth-order valence-electron chi connectivity index (χ4n) is 6.19. The predicted octanol–water partition coefficient (Wildman–Crippen LogP) is 7.42. The molecule has 3 fully saturated rings. The molecule has 184 valence electrons. The van der Waals surface area contributed by atoms with Crippen molar-refractivity contribution in [3.8, 4) is 16.3 Å². The number of aromatic nitrogens is 1. The van der Waals surface area contributed by atoms with Gasteiger partial charge in [0.25, 0.3) is 5.91 Å². The predicted molar refractivity (Wildman–Crippen MR) is 144 cm³/mol. The first-order chi connectivity index (χ1) is 16.8. The average Bonchev–Trinajstić information content (AvgIpc) is 3.21. The Labute approximate surface area is 217 Å². The van der Waals surface area contributed by atoms with Crippen molar-refractivity contribution < 1.29 is 9.53 Å². The number of rotatable bonds is 6. The van der Waals surface area contributed by atoms with Crippen LogP contribution in [0.2, 0.25) is 5.02 Å². The first kappa shape index (κ1) is 24.3. The van der Waals surface area contributed by atoms with E-state index in [0.29, 0.717) is 10.6 Å². The number of fused-ring (bicyclic) bond motifs is 3. The number of amides is 1. The van der Waals surface area contributed by atoms with E-state index in [0.717, 1.165) is 52.6 Å². The fraction of sp³-hybridized carbons (Fsp3) is 0.448. The highest BCUT2D eigenvalue weighted by Crippen LogP contribution is 2.57. The maximum absolute atomic E-state index is 13.3. The molecular formula is C29H33ClN2O2S. The minimum atomic E-state index is -0.0156. The topological polar surface area (TPSA) is 51.2 Å². The molecule has 2 aromatic heterocycles. The van der Waals surface area contributed by atoms with E-state index in [9.17, 15) is 4.79 Å². The molecule has 0 saturated heterocycles. The van der Waals surface area contributed by atoms with Gasteiger partial charge in [-0.05, 0) is 105 Å². The zero-order chi connectivity index (χ0) is 24.8. The number of benzene rings is 1. The van der Waals surface area contributed by atoms with E-state index in [1.807, 2.05) is 26.0 Å². The van der Waals surface area contributed by atoms with E-state index in [4.69, 9.17) is 16.3 Å². The molecule has 6 rings (SSSR count). The van der Waals surface area contributed by atoms with Crippen molar-refractivity contribution >= 4 is 28.8 Å². The van der Waals surface area contributed by atoms with Crippen molar-refractivity contribution in [1.29, 1.82) is 0 Å². The number of halogens is 1. The smallest absolute Gasteiger partial charge is 0.251 e. The molecule has 2 heterocycles. The summed E-state index contributed by atoms with van der Waals surface area (Å²) in [4.78, 5) is 19.9. The summed E-state index contributed by atoms with van der Waals surface area (Å²) in [6.07, 6.45) is 8.73. The largest absolute Gasteiger partial charge is 0.496 e. The van der Waals surface area contributed by atoms with Crippen molar-refractivity contribution in [2.24, 2.45) is 5.41 Å². The molecule has 0 radical (unpaired) electrons. The minimum Gasteiger partial charge on any atom is -0.496 e. The summed E-state index contributed by atoms with van der Waals surface area (Å²) in [6.45, 7) is 6.86. The highest BCUT2D eigenvalue weighted by Gasteiger charge is 2.49. The third kappa shape index (κ3) is 4.38. The van der Waals surface area contributed by atoms with Gasteiger partial charge in [-0.15, -0.1) is 11.3 Å². The first-order valence-electron chi connectivity index (χ1n) is 12.4. The molecular weight excluding hydrogens is 476 g/mol. The molecule has 2 bridgehead atoms. The summed E-state index contributed by atoms with van der Waals surface area (Å²) in [5.41, 5.74) is 5.51. The van der Waals surface area contributed by atoms with Crippen molar-refractivity contribution in [3.05, 3.63) is 68.7 Å². The molecule has 0 atom stereocenters. The second-order valence-corrected chi connectivity index (χ2v) is 12.2. The van der Waals surface area contributed by atoms with Gasteiger partial charge in [0.15, 0.2) is 0 Å². The number of nitrogens with zero attached hydrogens (tertiary/aromatic N) is 1. The van der Waals surface area contributed by atoms with Crippen LogP contribution in [0.5, 0.6) is 5.75 Å². The van der Waals surface area contributed by atoms with Gasteiger partial charge < -0.3 is 10.1 Å². The Bertz CT molecular complexity index is 1260. The van der Waals surface area contributed by atoms with Gasteiger partial charge >= 0.3 is 0 Å². The lowest BCUT2D eigenvalue weighted by Crippen LogP contribution is -2.49. The molecule has 3 aliphatic rings. The summed E-state index contributed by atoms with van der Waals surface area (Å²) < 4.78 is 5.47. The lowest BCUT2D eigenvalue weighted by molar-refractivity contribution is 0.0386. The molecule has 35 heavy (non-hydrogen) atoms. The van der Waals surface area contributed by atoms with Crippen LogP contribution in [0.4, 0.5) is 0 Å². The summed E-state index contributed by atoms with van der Waals surface area (Å²) in [6, 6.07) is 10.5. The number of carbonyl (C=O) groups is 1. The van der Waals surface area contributed by atoms with Crippen molar-refractivity contribution in [3.63, 3.8) is 0 Å². The van der Waals surface area contributed by atoms with Crippen LogP contribution in [0.15, 0.2) is 36.5 Å². The second-order valence-electron chi connectivity index (χ2n) is 10.5. The number of nitrogens with one attached hydrogen (secondary N) is 1. The van der Waals surface area contributed by atoms with Crippen LogP contribution in [0, 0.1) is 26.2 Å². The molecule has 4 nitrogen and oxygen atoms in total. The maximum atomic E-state index is 13.3. The lowest BCUT2D eigenvalue weighted by Gasteiger charge is -2.54. The monoisotopic (exact) mass is 508 g/mol. The summed E-state index contributed by atoms with van der Waals surface area (Å²) in [5.74, 6) is 0.943. The van der Waals surface area contributed by atoms with Gasteiger partial charge in [0, 0.05) is 23.2 Å². The fourth-order valence-corrected chi connectivity index (χ4v) is 7.58. The van der Waals surface area contributed by atoms with Gasteiger partial charge in [-0.3, -0.25) is 9.78 Å². The number of ether oxygens (including phenoxy) is 1. The van der Waals surface area contributed by atoms with E-state index in [1.54, 1.807) is 24.6 Å². The van der Waals surface area contributed by atoms with E-state index in [2.05, 4.69) is 35.4 Å². The Morgan fingerprint density at radius 2 is 1.80 bits per heavy atom. The number of hydrogen-bond acceptors (Lipinski definition) is 4. The molecule has 1 amide bonds. The van der Waals surface area contributed by atoms with Crippen molar-refractivity contribution in [2.45, 2.75) is 64.7 Å². The number of aryl methyl sites for hydroxylation is 2. The molecule has 3 aliphatic carbocycles. The minimum absolute atomic E-state index is 0.0156. The molecule has 0 spiro atoms. The summed E-state index contributed by atoms with van der Waals surface area (Å²) in [5, 5.41) is 3.98. The summed E-state index contributed by atoms with van der Waals surface area (Å²) >= 11 is 8.04. The first-order valence-corrected chi connectivity index (χ1v) is 13.6. The van der Waals surface area contributed by atoms with Crippen LogP contribution in [-0.2, 0) is 5.41 Å². The molecule has 0 unspecified atom stereocenters. The Hall–Kier alpha value is -2.37. The normalized spacial score (nSPS) is 23.3. The average molecular weight is 509 g/mol. The maximum Gasteiger partial charge on any atom is 0.251 e. The number of hydrogen-bond donors (Lipinski definition) is 1. The summed E-state index contributed by atoms with van der Waals surface area (Å²) in [7, 11) is 1.73. The zero-order valence-corrected chi connectivity index (χ0v) is 22.5. The third-order valence-electron chi connectivity index (χ3n) is 8.51. The van der Waals surface area contributed by atoms with E-state index in [1.165, 1.54) is 30.4 Å². The molecule has 3 saturated carbocycles. The van der Waals surface area contributed by atoms with Crippen LogP contribution < -0.4 is 10.1 Å². The van der Waals surface area contributed by atoms with Crippen molar-refractivity contribution in [2.75, 3.05) is 13.7 Å². The Morgan fingerprint density at radius 1 is 1.09 bits per heavy atom. The van der Waals surface area contributed by atoms with Gasteiger partial charge in [-0.25, -0.2) is 0 Å². The highest BCUT2D eigenvalue weighted by molar-refractivity contribution is 7.16. The van der Waals surface area contributed by atoms with Crippen molar-refractivity contribution in [1.82, 2.24) is 10.3 Å². The number of pyridine rings is 1. The molecule has 1 N–H and O–H groups in total. The van der Waals surface area contributed by atoms with Gasteiger partial charge in [0.1, 0.15) is 5.75 Å².